The number of anilines is 1. The Kier molecular flexibility index (Phi) is 4.26. The minimum atomic E-state index is -3.46. The molecule has 19 heavy (non-hydrogen) atoms. The van der Waals surface area contributed by atoms with Gasteiger partial charge in [0.1, 0.15) is 5.75 Å². The molecule has 0 atom stereocenters. The maximum absolute atomic E-state index is 12.3. The molecule has 0 saturated heterocycles. The molecule has 1 aliphatic carbocycles. The van der Waals surface area contributed by atoms with Crippen molar-refractivity contribution >= 4 is 27.3 Å². The van der Waals surface area contributed by atoms with E-state index in [4.69, 9.17) is 11.6 Å². The van der Waals surface area contributed by atoms with Crippen LogP contribution in [-0.4, -0.2) is 18.8 Å². The molecule has 0 aliphatic heterocycles. The molecule has 0 heterocycles. The first-order chi connectivity index (χ1) is 8.90. The SMILES string of the molecule is Cc1cc(Cl)cc(NS(=O)(=O)C2CCCCC2)c1O. The summed E-state index contributed by atoms with van der Waals surface area (Å²) in [5.74, 6) is -0.0659. The van der Waals surface area contributed by atoms with Crippen LogP contribution in [-0.2, 0) is 10.0 Å². The molecule has 2 N–H and O–H groups in total. The number of benzene rings is 1. The second-order valence-corrected chi connectivity index (χ2v) is 7.42. The highest BCUT2D eigenvalue weighted by Crippen LogP contribution is 2.33. The van der Waals surface area contributed by atoms with Gasteiger partial charge < -0.3 is 5.11 Å². The third-order valence-electron chi connectivity index (χ3n) is 3.51. The van der Waals surface area contributed by atoms with E-state index in [2.05, 4.69) is 4.72 Å². The number of hydrogen-bond acceptors (Lipinski definition) is 3. The number of nitrogens with one attached hydrogen (secondary N) is 1. The molecule has 0 spiro atoms. The monoisotopic (exact) mass is 303 g/mol. The van der Waals surface area contributed by atoms with Crippen LogP contribution in [0.15, 0.2) is 12.1 Å². The van der Waals surface area contributed by atoms with Crippen molar-refractivity contribution in [2.75, 3.05) is 4.72 Å². The van der Waals surface area contributed by atoms with Crippen LogP contribution in [0.1, 0.15) is 37.7 Å². The molecule has 6 heteroatoms. The lowest BCUT2D eigenvalue weighted by Gasteiger charge is -2.23. The van der Waals surface area contributed by atoms with Crippen LogP contribution in [0.5, 0.6) is 5.75 Å². The normalized spacial score (nSPS) is 17.4. The summed E-state index contributed by atoms with van der Waals surface area (Å²) < 4.78 is 27.0. The Morgan fingerprint density at radius 2 is 1.89 bits per heavy atom. The van der Waals surface area contributed by atoms with Gasteiger partial charge in [0.25, 0.3) is 0 Å². The highest BCUT2D eigenvalue weighted by atomic mass is 35.5. The van der Waals surface area contributed by atoms with Crippen molar-refractivity contribution in [3.63, 3.8) is 0 Å². The molecule has 0 unspecified atom stereocenters. The number of phenolic OH excluding ortho intramolecular Hbond substituents is 1. The molecule has 1 aliphatic rings. The molecule has 4 nitrogen and oxygen atoms in total. The average molecular weight is 304 g/mol. The van der Waals surface area contributed by atoms with E-state index < -0.39 is 10.0 Å². The maximum atomic E-state index is 12.3. The fourth-order valence-corrected chi connectivity index (χ4v) is 4.28. The number of phenols is 1. The summed E-state index contributed by atoms with van der Waals surface area (Å²) in [5, 5.41) is 9.92. The van der Waals surface area contributed by atoms with Gasteiger partial charge in [-0.25, -0.2) is 8.42 Å². The van der Waals surface area contributed by atoms with E-state index in [1.807, 2.05) is 0 Å². The summed E-state index contributed by atoms with van der Waals surface area (Å²) in [6.45, 7) is 1.68. The molecule has 0 radical (unpaired) electrons. The summed E-state index contributed by atoms with van der Waals surface area (Å²) >= 11 is 5.89. The van der Waals surface area contributed by atoms with Crippen LogP contribution < -0.4 is 4.72 Å². The second kappa shape index (κ2) is 5.59. The van der Waals surface area contributed by atoms with Crippen molar-refractivity contribution in [1.82, 2.24) is 0 Å². The zero-order valence-corrected chi connectivity index (χ0v) is 12.4. The minimum Gasteiger partial charge on any atom is -0.505 e. The van der Waals surface area contributed by atoms with Gasteiger partial charge in [0, 0.05) is 5.02 Å². The molecular weight excluding hydrogens is 286 g/mol. The summed E-state index contributed by atoms with van der Waals surface area (Å²) in [5.41, 5.74) is 0.712. The molecule has 1 fully saturated rings. The number of sulfonamides is 1. The Balaban J connectivity index is 2.25. The molecule has 1 aromatic rings. The molecular formula is C13H18ClNO3S. The minimum absolute atomic E-state index is 0.0659. The van der Waals surface area contributed by atoms with E-state index in [0.717, 1.165) is 19.3 Å². The van der Waals surface area contributed by atoms with Gasteiger partial charge in [-0.05, 0) is 37.5 Å². The predicted octanol–water partition coefficient (Wildman–Crippen LogP) is 3.43. The Morgan fingerprint density at radius 1 is 1.26 bits per heavy atom. The van der Waals surface area contributed by atoms with Crippen LogP contribution in [0.4, 0.5) is 5.69 Å². The van der Waals surface area contributed by atoms with Crippen molar-refractivity contribution in [3.05, 3.63) is 22.7 Å². The summed E-state index contributed by atoms with van der Waals surface area (Å²) in [6.07, 6.45) is 4.32. The highest BCUT2D eigenvalue weighted by Gasteiger charge is 2.28. The first kappa shape index (κ1) is 14.5. The molecule has 106 valence electrons. The average Bonchev–Trinajstić information content (AvgIpc) is 2.36. The van der Waals surface area contributed by atoms with Crippen LogP contribution in [0.2, 0.25) is 5.02 Å². The Bertz CT molecular complexity index is 565. The van der Waals surface area contributed by atoms with Crippen molar-refractivity contribution < 1.29 is 13.5 Å². The standard InChI is InChI=1S/C13H18ClNO3S/c1-9-7-10(14)8-12(13(9)16)15-19(17,18)11-5-3-2-4-6-11/h7-8,11,15-16H,2-6H2,1H3. The van der Waals surface area contributed by atoms with Crippen molar-refractivity contribution in [1.29, 1.82) is 0 Å². The quantitative estimate of drug-likeness (QED) is 0.841. The molecule has 1 saturated carbocycles. The fraction of sp³-hybridized carbons (Fsp3) is 0.538. The van der Waals surface area contributed by atoms with E-state index in [1.54, 1.807) is 13.0 Å². The number of hydrogen-bond donors (Lipinski definition) is 2. The smallest absolute Gasteiger partial charge is 0.235 e. The predicted molar refractivity (Wildman–Crippen MR) is 77.3 cm³/mol. The molecule has 0 aromatic heterocycles. The third kappa shape index (κ3) is 3.34. The van der Waals surface area contributed by atoms with Gasteiger partial charge in [0.05, 0.1) is 10.9 Å². The second-order valence-electron chi connectivity index (χ2n) is 5.03. The van der Waals surface area contributed by atoms with E-state index in [-0.39, 0.29) is 16.7 Å². The maximum Gasteiger partial charge on any atom is 0.235 e. The van der Waals surface area contributed by atoms with Gasteiger partial charge in [-0.2, -0.15) is 0 Å². The highest BCUT2D eigenvalue weighted by molar-refractivity contribution is 7.93. The zero-order valence-electron chi connectivity index (χ0n) is 10.8. The van der Waals surface area contributed by atoms with E-state index in [0.29, 0.717) is 23.4 Å². The summed E-state index contributed by atoms with van der Waals surface area (Å²) in [6, 6.07) is 3.03. The Hall–Kier alpha value is -0.940. The lowest BCUT2D eigenvalue weighted by atomic mass is 10.0. The molecule has 2 rings (SSSR count). The Labute approximate surface area is 118 Å². The topological polar surface area (TPSA) is 66.4 Å². The third-order valence-corrected chi connectivity index (χ3v) is 5.58. The van der Waals surface area contributed by atoms with E-state index in [1.165, 1.54) is 6.07 Å². The van der Waals surface area contributed by atoms with Crippen molar-refractivity contribution in [2.45, 2.75) is 44.3 Å². The van der Waals surface area contributed by atoms with Crippen molar-refractivity contribution in [3.8, 4) is 5.75 Å². The molecule has 1 aromatic carbocycles. The van der Waals surface area contributed by atoms with Crippen LogP contribution in [0.3, 0.4) is 0 Å². The lowest BCUT2D eigenvalue weighted by Crippen LogP contribution is -2.29. The van der Waals surface area contributed by atoms with Gasteiger partial charge in [0.15, 0.2) is 0 Å². The Morgan fingerprint density at radius 3 is 2.53 bits per heavy atom. The van der Waals surface area contributed by atoms with E-state index in [9.17, 15) is 13.5 Å². The number of aromatic hydroxyl groups is 1. The summed E-state index contributed by atoms with van der Waals surface area (Å²) in [4.78, 5) is 0. The van der Waals surface area contributed by atoms with Gasteiger partial charge in [-0.15, -0.1) is 0 Å². The van der Waals surface area contributed by atoms with Gasteiger partial charge >= 0.3 is 0 Å². The first-order valence-electron chi connectivity index (χ1n) is 6.41. The van der Waals surface area contributed by atoms with Crippen LogP contribution in [0, 0.1) is 6.92 Å². The van der Waals surface area contributed by atoms with Gasteiger partial charge in [-0.3, -0.25) is 4.72 Å². The van der Waals surface area contributed by atoms with Crippen LogP contribution in [0.25, 0.3) is 0 Å². The summed E-state index contributed by atoms with van der Waals surface area (Å²) in [7, 11) is -3.46. The zero-order chi connectivity index (χ0) is 14.0. The largest absolute Gasteiger partial charge is 0.505 e. The lowest BCUT2D eigenvalue weighted by molar-refractivity contribution is 0.472. The van der Waals surface area contributed by atoms with Gasteiger partial charge in [0.2, 0.25) is 10.0 Å². The number of rotatable bonds is 3. The fourth-order valence-electron chi connectivity index (χ4n) is 2.43. The number of halogens is 1. The van der Waals surface area contributed by atoms with Crippen molar-refractivity contribution in [2.24, 2.45) is 0 Å². The molecule has 0 amide bonds. The number of aryl methyl sites for hydroxylation is 1. The first-order valence-corrected chi connectivity index (χ1v) is 8.33. The van der Waals surface area contributed by atoms with E-state index >= 15 is 0 Å². The van der Waals surface area contributed by atoms with Gasteiger partial charge in [-0.1, -0.05) is 30.9 Å². The van der Waals surface area contributed by atoms with Crippen LogP contribution >= 0.6 is 11.6 Å². The molecule has 0 bridgehead atoms.